The lowest BCUT2D eigenvalue weighted by molar-refractivity contribution is 0.0935. The molecule has 2 aliphatic heterocycles. The van der Waals surface area contributed by atoms with Crippen molar-refractivity contribution in [2.24, 2.45) is 0 Å². The van der Waals surface area contributed by atoms with E-state index in [0.29, 0.717) is 12.1 Å². The van der Waals surface area contributed by atoms with Crippen LogP contribution in [-0.4, -0.2) is 24.0 Å². The number of nitrogens with one attached hydrogen (secondary N) is 2. The molecule has 2 saturated heterocycles. The minimum Gasteiger partial charge on any atom is -0.398 e. The molecule has 2 fully saturated rings. The lowest BCUT2D eigenvalue weighted by Crippen LogP contribution is -2.42. The summed E-state index contributed by atoms with van der Waals surface area (Å²) in [5.74, 6) is 0.0325. The Kier molecular flexibility index (Phi) is 3.39. The fourth-order valence-electron chi connectivity index (χ4n) is 3.55. The van der Waals surface area contributed by atoms with Gasteiger partial charge in [0, 0.05) is 34.3 Å². The van der Waals surface area contributed by atoms with Gasteiger partial charge in [0.15, 0.2) is 0 Å². The molecule has 1 amide bonds. The first kappa shape index (κ1) is 13.8. The van der Waals surface area contributed by atoms with Crippen LogP contribution < -0.4 is 16.4 Å². The SMILES string of the molecule is Nc1ccccc1-c1ccc(C(=O)N[C@@H]2C[C@H]3CC[C@@H]2N3)s1. The smallest absolute Gasteiger partial charge is 0.261 e. The van der Waals surface area contributed by atoms with E-state index in [0.717, 1.165) is 27.4 Å². The van der Waals surface area contributed by atoms with E-state index in [2.05, 4.69) is 10.6 Å². The molecule has 2 aromatic rings. The predicted molar refractivity (Wildman–Crippen MR) is 90.0 cm³/mol. The lowest BCUT2D eigenvalue weighted by Gasteiger charge is -2.20. The summed E-state index contributed by atoms with van der Waals surface area (Å²) in [6.45, 7) is 0. The van der Waals surface area contributed by atoms with E-state index in [1.807, 2.05) is 36.4 Å². The van der Waals surface area contributed by atoms with Gasteiger partial charge in [0.25, 0.3) is 5.91 Å². The second-order valence-corrected chi connectivity index (χ2v) is 7.20. The number of para-hydroxylation sites is 1. The summed E-state index contributed by atoms with van der Waals surface area (Å²) in [5.41, 5.74) is 7.75. The second-order valence-electron chi connectivity index (χ2n) is 6.11. The zero-order valence-corrected chi connectivity index (χ0v) is 13.0. The molecule has 2 aliphatic rings. The van der Waals surface area contributed by atoms with Crippen LogP contribution in [0.4, 0.5) is 5.69 Å². The van der Waals surface area contributed by atoms with E-state index in [1.54, 1.807) is 0 Å². The molecule has 114 valence electrons. The first-order chi connectivity index (χ1) is 10.7. The maximum absolute atomic E-state index is 12.4. The van der Waals surface area contributed by atoms with Gasteiger partial charge in [-0.05, 0) is 37.5 Å². The van der Waals surface area contributed by atoms with Crippen LogP contribution in [0.3, 0.4) is 0 Å². The highest BCUT2D eigenvalue weighted by Crippen LogP contribution is 2.33. The van der Waals surface area contributed by atoms with Crippen molar-refractivity contribution in [3.8, 4) is 10.4 Å². The zero-order chi connectivity index (χ0) is 15.1. The number of amides is 1. The van der Waals surface area contributed by atoms with Crippen molar-refractivity contribution in [2.75, 3.05) is 5.73 Å². The molecule has 0 unspecified atom stereocenters. The molecule has 4 nitrogen and oxygen atoms in total. The lowest BCUT2D eigenvalue weighted by atomic mass is 9.95. The van der Waals surface area contributed by atoms with Gasteiger partial charge in [-0.25, -0.2) is 0 Å². The topological polar surface area (TPSA) is 67.2 Å². The van der Waals surface area contributed by atoms with Crippen LogP contribution in [-0.2, 0) is 0 Å². The molecular weight excluding hydrogens is 294 g/mol. The molecule has 0 saturated carbocycles. The summed E-state index contributed by atoms with van der Waals surface area (Å²) in [7, 11) is 0. The molecule has 1 aromatic heterocycles. The van der Waals surface area contributed by atoms with Gasteiger partial charge in [-0.3, -0.25) is 4.79 Å². The Bertz CT molecular complexity index is 711. The van der Waals surface area contributed by atoms with Crippen molar-refractivity contribution >= 4 is 22.9 Å². The van der Waals surface area contributed by atoms with Crippen molar-refractivity contribution in [1.82, 2.24) is 10.6 Å². The molecule has 4 N–H and O–H groups in total. The first-order valence-electron chi connectivity index (χ1n) is 7.72. The van der Waals surface area contributed by atoms with E-state index in [4.69, 9.17) is 5.73 Å². The van der Waals surface area contributed by atoms with Crippen molar-refractivity contribution in [1.29, 1.82) is 0 Å². The summed E-state index contributed by atoms with van der Waals surface area (Å²) in [6.07, 6.45) is 3.47. The van der Waals surface area contributed by atoms with Gasteiger partial charge in [0.05, 0.1) is 4.88 Å². The second kappa shape index (κ2) is 5.41. The number of rotatable bonds is 3. The van der Waals surface area contributed by atoms with Gasteiger partial charge in [-0.2, -0.15) is 0 Å². The van der Waals surface area contributed by atoms with Crippen LogP contribution in [0.1, 0.15) is 28.9 Å². The number of hydrogen-bond acceptors (Lipinski definition) is 4. The average molecular weight is 313 g/mol. The van der Waals surface area contributed by atoms with Crippen molar-refractivity contribution in [3.05, 3.63) is 41.3 Å². The fraction of sp³-hybridized carbons (Fsp3) is 0.353. The molecule has 1 aromatic carbocycles. The normalized spacial score (nSPS) is 26.3. The number of nitrogens with two attached hydrogens (primary N) is 1. The quantitative estimate of drug-likeness (QED) is 0.763. The summed E-state index contributed by atoms with van der Waals surface area (Å²) >= 11 is 1.50. The third kappa shape index (κ3) is 2.40. The average Bonchev–Trinajstić information content (AvgIpc) is 3.24. The van der Waals surface area contributed by atoms with E-state index in [-0.39, 0.29) is 11.9 Å². The van der Waals surface area contributed by atoms with Gasteiger partial charge < -0.3 is 16.4 Å². The van der Waals surface area contributed by atoms with Gasteiger partial charge in [-0.1, -0.05) is 18.2 Å². The maximum atomic E-state index is 12.4. The number of fused-ring (bicyclic) bond motifs is 2. The number of carbonyl (C=O) groups is 1. The highest BCUT2D eigenvalue weighted by Gasteiger charge is 2.39. The number of carbonyl (C=O) groups excluding carboxylic acids is 1. The summed E-state index contributed by atoms with van der Waals surface area (Å²) in [4.78, 5) is 14.2. The Hall–Kier alpha value is -1.85. The molecule has 2 bridgehead atoms. The van der Waals surface area contributed by atoms with Crippen LogP contribution in [0.2, 0.25) is 0 Å². The number of benzene rings is 1. The van der Waals surface area contributed by atoms with Crippen molar-refractivity contribution in [3.63, 3.8) is 0 Å². The van der Waals surface area contributed by atoms with Crippen LogP contribution >= 0.6 is 11.3 Å². The maximum Gasteiger partial charge on any atom is 0.261 e. The standard InChI is InChI=1S/C17H19N3OS/c18-12-4-2-1-3-11(12)15-7-8-16(22-15)17(21)20-14-9-10-5-6-13(14)19-10/h1-4,7-8,10,13-14,19H,5-6,9,18H2,(H,20,21)/t10-,13+,14-/m1/s1. The number of hydrogen-bond donors (Lipinski definition) is 3. The summed E-state index contributed by atoms with van der Waals surface area (Å²) < 4.78 is 0. The van der Waals surface area contributed by atoms with E-state index in [9.17, 15) is 4.79 Å². The summed E-state index contributed by atoms with van der Waals surface area (Å²) in [6, 6.07) is 13.0. The molecule has 3 atom stereocenters. The summed E-state index contributed by atoms with van der Waals surface area (Å²) in [5, 5.41) is 6.73. The fourth-order valence-corrected chi connectivity index (χ4v) is 4.51. The number of anilines is 1. The Morgan fingerprint density at radius 1 is 1.23 bits per heavy atom. The van der Waals surface area contributed by atoms with Crippen LogP contribution in [0.25, 0.3) is 10.4 Å². The molecule has 22 heavy (non-hydrogen) atoms. The van der Waals surface area contributed by atoms with Gasteiger partial charge in [-0.15, -0.1) is 11.3 Å². The van der Waals surface area contributed by atoms with Crippen LogP contribution in [0.15, 0.2) is 36.4 Å². The minimum atomic E-state index is 0.0325. The minimum absolute atomic E-state index is 0.0325. The van der Waals surface area contributed by atoms with Crippen LogP contribution in [0.5, 0.6) is 0 Å². The number of thiophene rings is 1. The predicted octanol–water partition coefficient (Wildman–Crippen LogP) is 2.62. The monoisotopic (exact) mass is 313 g/mol. The molecular formula is C17H19N3OS. The highest BCUT2D eigenvalue weighted by atomic mass is 32.1. The molecule has 0 spiro atoms. The van der Waals surface area contributed by atoms with E-state index in [1.165, 1.54) is 24.2 Å². The van der Waals surface area contributed by atoms with Gasteiger partial charge >= 0.3 is 0 Å². The third-order valence-corrected chi connectivity index (χ3v) is 5.79. The van der Waals surface area contributed by atoms with E-state index < -0.39 is 0 Å². The molecule has 4 rings (SSSR count). The highest BCUT2D eigenvalue weighted by molar-refractivity contribution is 7.17. The zero-order valence-electron chi connectivity index (χ0n) is 12.2. The van der Waals surface area contributed by atoms with Crippen molar-refractivity contribution < 1.29 is 4.79 Å². The van der Waals surface area contributed by atoms with Crippen LogP contribution in [0, 0.1) is 0 Å². The largest absolute Gasteiger partial charge is 0.398 e. The Morgan fingerprint density at radius 3 is 2.82 bits per heavy atom. The van der Waals surface area contributed by atoms with E-state index >= 15 is 0 Å². The third-order valence-electron chi connectivity index (χ3n) is 4.67. The molecule has 3 heterocycles. The first-order valence-corrected chi connectivity index (χ1v) is 8.54. The number of nitrogen functional groups attached to an aromatic ring is 1. The molecule has 0 radical (unpaired) electrons. The Labute approximate surface area is 133 Å². The Balaban J connectivity index is 1.49. The molecule has 5 heteroatoms. The Morgan fingerprint density at radius 2 is 2.09 bits per heavy atom. The van der Waals surface area contributed by atoms with Gasteiger partial charge in [0.1, 0.15) is 0 Å². The molecule has 0 aliphatic carbocycles. The van der Waals surface area contributed by atoms with Gasteiger partial charge in [0.2, 0.25) is 0 Å². The van der Waals surface area contributed by atoms with Crippen molar-refractivity contribution in [2.45, 2.75) is 37.4 Å².